The van der Waals surface area contributed by atoms with Crippen molar-refractivity contribution in [3.05, 3.63) is 72.2 Å². The Morgan fingerprint density at radius 3 is 2.58 bits per heavy atom. The number of para-hydroxylation sites is 1. The lowest BCUT2D eigenvalue weighted by Gasteiger charge is -2.18. The van der Waals surface area contributed by atoms with Gasteiger partial charge in [0.1, 0.15) is 23.0 Å². The Morgan fingerprint density at radius 2 is 1.86 bits per heavy atom. The SMILES string of the molecule is CCONC(=O)c1c(Nc2cccc(-c3cnccn3)c2OC)ccnc1Nc1cc(C)nc(C)n1. The number of aryl methyl sites for hydroxylation is 2. The molecular weight excluding hydrogens is 460 g/mol. The third-order valence-electron chi connectivity index (χ3n) is 5.03. The van der Waals surface area contributed by atoms with Crippen LogP contribution in [0.1, 0.15) is 28.8 Å². The molecular formula is C25H26N8O3. The number of hydrogen-bond donors (Lipinski definition) is 3. The number of hydroxylamine groups is 1. The van der Waals surface area contributed by atoms with E-state index in [2.05, 4.69) is 41.0 Å². The van der Waals surface area contributed by atoms with Crippen LogP contribution < -0.4 is 20.9 Å². The van der Waals surface area contributed by atoms with Crippen molar-refractivity contribution < 1.29 is 14.4 Å². The third-order valence-corrected chi connectivity index (χ3v) is 5.03. The van der Waals surface area contributed by atoms with Crippen molar-refractivity contribution in [1.82, 2.24) is 30.4 Å². The topological polar surface area (TPSA) is 136 Å². The molecule has 0 fully saturated rings. The van der Waals surface area contributed by atoms with Crippen LogP contribution in [0.2, 0.25) is 0 Å². The molecule has 3 heterocycles. The molecule has 184 valence electrons. The van der Waals surface area contributed by atoms with E-state index in [9.17, 15) is 4.79 Å². The van der Waals surface area contributed by atoms with Crippen LogP contribution in [-0.2, 0) is 4.84 Å². The van der Waals surface area contributed by atoms with Crippen molar-refractivity contribution in [1.29, 1.82) is 0 Å². The van der Waals surface area contributed by atoms with E-state index in [0.717, 1.165) is 11.3 Å². The highest BCUT2D eigenvalue weighted by molar-refractivity contribution is 6.05. The molecule has 11 heteroatoms. The lowest BCUT2D eigenvalue weighted by molar-refractivity contribution is 0.0366. The molecule has 0 atom stereocenters. The Labute approximate surface area is 208 Å². The smallest absolute Gasteiger partial charge is 0.280 e. The summed E-state index contributed by atoms with van der Waals surface area (Å²) in [4.78, 5) is 39.9. The van der Waals surface area contributed by atoms with Gasteiger partial charge in [0.25, 0.3) is 5.91 Å². The zero-order valence-electron chi connectivity index (χ0n) is 20.4. The van der Waals surface area contributed by atoms with E-state index >= 15 is 0 Å². The van der Waals surface area contributed by atoms with Gasteiger partial charge in [0.2, 0.25) is 0 Å². The first kappa shape index (κ1) is 24.5. The highest BCUT2D eigenvalue weighted by atomic mass is 16.6. The Morgan fingerprint density at radius 1 is 1.00 bits per heavy atom. The average Bonchev–Trinajstić information content (AvgIpc) is 2.87. The zero-order valence-corrected chi connectivity index (χ0v) is 20.4. The number of pyridine rings is 1. The average molecular weight is 487 g/mol. The number of rotatable bonds is 9. The van der Waals surface area contributed by atoms with Gasteiger partial charge in [-0.1, -0.05) is 6.07 Å². The van der Waals surface area contributed by atoms with Crippen LogP contribution in [0.3, 0.4) is 0 Å². The molecule has 3 N–H and O–H groups in total. The Bertz CT molecular complexity index is 1340. The fourth-order valence-corrected chi connectivity index (χ4v) is 3.62. The molecule has 0 spiro atoms. The maximum absolute atomic E-state index is 13.2. The van der Waals surface area contributed by atoms with E-state index in [1.54, 1.807) is 57.9 Å². The van der Waals surface area contributed by atoms with E-state index in [4.69, 9.17) is 9.57 Å². The fraction of sp³-hybridized carbons (Fsp3) is 0.200. The summed E-state index contributed by atoms with van der Waals surface area (Å²) in [6, 6.07) is 9.05. The molecule has 1 amide bonds. The van der Waals surface area contributed by atoms with E-state index < -0.39 is 5.91 Å². The predicted octanol–water partition coefficient (Wildman–Crippen LogP) is 4.12. The summed E-state index contributed by atoms with van der Waals surface area (Å²) in [6.45, 7) is 5.74. The second-order valence-corrected chi connectivity index (χ2v) is 7.62. The van der Waals surface area contributed by atoms with Gasteiger partial charge in [-0.3, -0.25) is 19.6 Å². The number of hydrogen-bond acceptors (Lipinski definition) is 10. The van der Waals surface area contributed by atoms with Gasteiger partial charge in [0, 0.05) is 35.9 Å². The number of benzene rings is 1. The Balaban J connectivity index is 1.77. The van der Waals surface area contributed by atoms with Crippen LogP contribution in [-0.4, -0.2) is 44.5 Å². The minimum Gasteiger partial charge on any atom is -0.494 e. The summed E-state index contributed by atoms with van der Waals surface area (Å²) in [5.74, 6) is 1.46. The summed E-state index contributed by atoms with van der Waals surface area (Å²) in [7, 11) is 1.57. The number of methoxy groups -OCH3 is 1. The van der Waals surface area contributed by atoms with Gasteiger partial charge in [0.05, 0.1) is 37.0 Å². The summed E-state index contributed by atoms with van der Waals surface area (Å²) < 4.78 is 5.72. The van der Waals surface area contributed by atoms with Gasteiger partial charge in [0.15, 0.2) is 5.75 Å². The minimum absolute atomic E-state index is 0.229. The largest absolute Gasteiger partial charge is 0.494 e. The fourth-order valence-electron chi connectivity index (χ4n) is 3.62. The second-order valence-electron chi connectivity index (χ2n) is 7.62. The standard InChI is InChI=1S/C25H26N8O3/c1-5-36-33-25(34)22-18(9-10-28-24(22)32-21-13-15(2)29-16(3)30-21)31-19-8-6-7-17(23(19)35-4)20-14-26-11-12-27-20/h6-14H,5H2,1-4H3,(H,33,34)(H2,28,29,30,31,32). The lowest BCUT2D eigenvalue weighted by atomic mass is 10.1. The van der Waals surface area contributed by atoms with Crippen molar-refractivity contribution in [2.75, 3.05) is 24.4 Å². The molecule has 4 rings (SSSR count). The Kier molecular flexibility index (Phi) is 7.61. The van der Waals surface area contributed by atoms with Gasteiger partial charge in [-0.05, 0) is 39.0 Å². The molecule has 0 aliphatic heterocycles. The number of anilines is 4. The molecule has 11 nitrogen and oxygen atoms in total. The molecule has 0 saturated carbocycles. The first-order valence-corrected chi connectivity index (χ1v) is 11.2. The van der Waals surface area contributed by atoms with Crippen LogP contribution in [0.4, 0.5) is 23.0 Å². The van der Waals surface area contributed by atoms with Crippen molar-refractivity contribution in [2.45, 2.75) is 20.8 Å². The molecule has 0 aliphatic rings. The highest BCUT2D eigenvalue weighted by Gasteiger charge is 2.21. The first-order valence-electron chi connectivity index (χ1n) is 11.2. The van der Waals surface area contributed by atoms with Crippen LogP contribution in [0.15, 0.2) is 55.1 Å². The summed E-state index contributed by atoms with van der Waals surface area (Å²) in [5.41, 5.74) is 5.95. The van der Waals surface area contributed by atoms with Crippen molar-refractivity contribution >= 4 is 28.9 Å². The first-order chi connectivity index (χ1) is 17.5. The number of amides is 1. The van der Waals surface area contributed by atoms with Crippen LogP contribution in [0.25, 0.3) is 11.3 Å². The minimum atomic E-state index is -0.485. The predicted molar refractivity (Wildman–Crippen MR) is 135 cm³/mol. The van der Waals surface area contributed by atoms with Gasteiger partial charge in [-0.15, -0.1) is 0 Å². The number of carbonyl (C=O) groups excluding carboxylic acids is 1. The molecule has 36 heavy (non-hydrogen) atoms. The second kappa shape index (κ2) is 11.2. The highest BCUT2D eigenvalue weighted by Crippen LogP contribution is 2.38. The molecule has 0 radical (unpaired) electrons. The van der Waals surface area contributed by atoms with Crippen molar-refractivity contribution in [3.8, 4) is 17.0 Å². The quantitative estimate of drug-likeness (QED) is 0.296. The van der Waals surface area contributed by atoms with Gasteiger partial charge in [-0.2, -0.15) is 0 Å². The number of nitrogens with one attached hydrogen (secondary N) is 3. The maximum atomic E-state index is 13.2. The number of ether oxygens (including phenoxy) is 1. The molecule has 0 saturated heterocycles. The lowest BCUT2D eigenvalue weighted by Crippen LogP contribution is -2.26. The summed E-state index contributed by atoms with van der Waals surface area (Å²) in [6.07, 6.45) is 6.46. The van der Waals surface area contributed by atoms with E-state index in [1.165, 1.54) is 0 Å². The molecule has 4 aromatic rings. The van der Waals surface area contributed by atoms with E-state index in [0.29, 0.717) is 46.9 Å². The molecule has 1 aromatic carbocycles. The van der Waals surface area contributed by atoms with E-state index in [-0.39, 0.29) is 5.56 Å². The number of nitrogens with zero attached hydrogens (tertiary/aromatic N) is 5. The van der Waals surface area contributed by atoms with Crippen molar-refractivity contribution in [3.63, 3.8) is 0 Å². The maximum Gasteiger partial charge on any atom is 0.280 e. The van der Waals surface area contributed by atoms with Gasteiger partial charge < -0.3 is 15.4 Å². The summed E-state index contributed by atoms with van der Waals surface area (Å²) >= 11 is 0. The van der Waals surface area contributed by atoms with Crippen LogP contribution >= 0.6 is 0 Å². The molecule has 0 unspecified atom stereocenters. The van der Waals surface area contributed by atoms with Crippen LogP contribution in [0, 0.1) is 13.8 Å². The van der Waals surface area contributed by atoms with Crippen molar-refractivity contribution in [2.24, 2.45) is 0 Å². The third kappa shape index (κ3) is 5.53. The van der Waals surface area contributed by atoms with Crippen LogP contribution in [0.5, 0.6) is 5.75 Å². The Hall–Kier alpha value is -4.64. The number of aromatic nitrogens is 5. The van der Waals surface area contributed by atoms with Gasteiger partial charge >= 0.3 is 0 Å². The van der Waals surface area contributed by atoms with Gasteiger partial charge in [-0.25, -0.2) is 20.4 Å². The molecule has 0 aliphatic carbocycles. The summed E-state index contributed by atoms with van der Waals surface area (Å²) in [5, 5.41) is 6.44. The zero-order chi connectivity index (χ0) is 25.5. The monoisotopic (exact) mass is 486 g/mol. The van der Waals surface area contributed by atoms with E-state index in [1.807, 2.05) is 25.1 Å². The number of carbonyl (C=O) groups is 1. The molecule has 3 aromatic heterocycles. The molecule has 0 bridgehead atoms. The normalized spacial score (nSPS) is 10.6.